The Hall–Kier alpha value is -8.70. The van der Waals surface area contributed by atoms with Gasteiger partial charge in [-0.1, -0.05) is 188 Å². The Balaban J connectivity index is 1.03. The van der Waals surface area contributed by atoms with Crippen molar-refractivity contribution in [2.24, 2.45) is 0 Å². The number of thiophene rings is 1. The van der Waals surface area contributed by atoms with Crippen molar-refractivity contribution in [1.82, 2.24) is 0 Å². The first kappa shape index (κ1) is 39.6. The smallest absolute Gasteiger partial charge is 0.137 e. The van der Waals surface area contributed by atoms with Crippen LogP contribution in [0, 0.1) is 0 Å². The molecule has 4 heteroatoms. The molecule has 13 aromatic rings. The molecule has 0 aliphatic rings. The van der Waals surface area contributed by atoms with E-state index in [2.05, 4.69) is 252 Å². The maximum Gasteiger partial charge on any atom is 0.137 e. The van der Waals surface area contributed by atoms with Gasteiger partial charge in [-0.25, -0.2) is 0 Å². The average Bonchev–Trinajstić information content (AvgIpc) is 3.99. The highest BCUT2D eigenvalue weighted by Gasteiger charge is 2.25. The Morgan fingerprint density at radius 1 is 0.279 bits per heavy atom. The minimum atomic E-state index is 0.858. The second-order valence-electron chi connectivity index (χ2n) is 17.2. The summed E-state index contributed by atoms with van der Waals surface area (Å²) in [6, 6.07) is 92.0. The third kappa shape index (κ3) is 6.73. The fraction of sp³-hybridized carbons (Fsp3) is 0. The first-order chi connectivity index (χ1) is 33.7. The van der Waals surface area contributed by atoms with E-state index in [4.69, 9.17) is 4.42 Å². The van der Waals surface area contributed by atoms with Gasteiger partial charge in [0.05, 0.1) is 27.4 Å². The molecule has 320 valence electrons. The fourth-order valence-electron chi connectivity index (χ4n) is 10.2. The van der Waals surface area contributed by atoms with Gasteiger partial charge < -0.3 is 14.2 Å². The number of para-hydroxylation sites is 3. The van der Waals surface area contributed by atoms with Crippen molar-refractivity contribution in [3.05, 3.63) is 255 Å². The van der Waals surface area contributed by atoms with Gasteiger partial charge in [0.15, 0.2) is 0 Å². The minimum absolute atomic E-state index is 0.858. The van der Waals surface area contributed by atoms with E-state index in [-0.39, 0.29) is 0 Å². The first-order valence-electron chi connectivity index (χ1n) is 23.1. The van der Waals surface area contributed by atoms with Crippen molar-refractivity contribution >= 4 is 98.3 Å². The van der Waals surface area contributed by atoms with Crippen LogP contribution in [-0.4, -0.2) is 0 Å². The average molecular weight is 887 g/mol. The predicted molar refractivity (Wildman–Crippen MR) is 290 cm³/mol. The molecule has 2 aromatic heterocycles. The number of rotatable bonds is 9. The van der Waals surface area contributed by atoms with Gasteiger partial charge in [0.1, 0.15) is 11.2 Å². The number of fused-ring (bicyclic) bond motifs is 7. The zero-order valence-electron chi connectivity index (χ0n) is 37.0. The molecule has 0 saturated heterocycles. The lowest BCUT2D eigenvalue weighted by Gasteiger charge is -2.31. The molecule has 2 heterocycles. The van der Waals surface area contributed by atoms with Gasteiger partial charge in [-0.05, 0) is 88.3 Å². The van der Waals surface area contributed by atoms with Crippen LogP contribution in [0.5, 0.6) is 0 Å². The molecule has 11 aromatic carbocycles. The molecule has 0 bridgehead atoms. The highest BCUT2D eigenvalue weighted by atomic mass is 32.1. The number of anilines is 6. The lowest BCUT2D eigenvalue weighted by Crippen LogP contribution is -2.13. The van der Waals surface area contributed by atoms with Gasteiger partial charge >= 0.3 is 0 Å². The van der Waals surface area contributed by atoms with Crippen LogP contribution in [0.1, 0.15) is 0 Å². The molecule has 0 saturated carbocycles. The summed E-state index contributed by atoms with van der Waals surface area (Å²) in [6.07, 6.45) is 0. The van der Waals surface area contributed by atoms with Crippen molar-refractivity contribution in [3.63, 3.8) is 0 Å². The molecule has 0 spiro atoms. The predicted octanol–water partition coefficient (Wildman–Crippen LogP) is 19.0. The fourth-order valence-corrected chi connectivity index (χ4v) is 11.4. The van der Waals surface area contributed by atoms with Gasteiger partial charge in [-0.15, -0.1) is 11.3 Å². The number of hydrogen-bond donors (Lipinski definition) is 0. The normalized spacial score (nSPS) is 11.5. The number of hydrogen-bond acceptors (Lipinski definition) is 4. The first-order valence-corrected chi connectivity index (χ1v) is 23.9. The summed E-state index contributed by atoms with van der Waals surface area (Å²) in [5, 5.41) is 7.11. The lowest BCUT2D eigenvalue weighted by atomic mass is 9.94. The van der Waals surface area contributed by atoms with Crippen molar-refractivity contribution in [2.75, 3.05) is 9.80 Å². The van der Waals surface area contributed by atoms with E-state index in [0.29, 0.717) is 0 Å². The van der Waals surface area contributed by atoms with E-state index < -0.39 is 0 Å². The molecule has 0 amide bonds. The second-order valence-corrected chi connectivity index (χ2v) is 18.2. The molecule has 0 fully saturated rings. The Morgan fingerprint density at radius 3 is 1.60 bits per heavy atom. The molecule has 0 aliphatic heterocycles. The topological polar surface area (TPSA) is 19.6 Å². The highest BCUT2D eigenvalue weighted by molar-refractivity contribution is 7.26. The van der Waals surface area contributed by atoms with E-state index in [9.17, 15) is 0 Å². The van der Waals surface area contributed by atoms with E-state index in [0.717, 1.165) is 78.3 Å². The van der Waals surface area contributed by atoms with E-state index in [1.54, 1.807) is 0 Å². The molecule has 0 aliphatic carbocycles. The van der Waals surface area contributed by atoms with Gasteiger partial charge in [-0.2, -0.15) is 0 Å². The van der Waals surface area contributed by atoms with Crippen LogP contribution in [0.4, 0.5) is 34.1 Å². The molecule has 0 N–H and O–H groups in total. The summed E-state index contributed by atoms with van der Waals surface area (Å²) in [7, 11) is 0. The quantitative estimate of drug-likeness (QED) is 0.144. The molecule has 0 radical (unpaired) electrons. The third-order valence-electron chi connectivity index (χ3n) is 13.3. The van der Waals surface area contributed by atoms with Crippen LogP contribution < -0.4 is 9.80 Å². The van der Waals surface area contributed by atoms with Crippen molar-refractivity contribution < 1.29 is 4.42 Å². The van der Waals surface area contributed by atoms with Crippen LogP contribution in [0.2, 0.25) is 0 Å². The van der Waals surface area contributed by atoms with Crippen molar-refractivity contribution in [3.8, 4) is 33.4 Å². The molecule has 3 nitrogen and oxygen atoms in total. The monoisotopic (exact) mass is 886 g/mol. The Bertz CT molecular complexity index is 4000. The minimum Gasteiger partial charge on any atom is -0.456 e. The second kappa shape index (κ2) is 16.6. The molecular weight excluding hydrogens is 845 g/mol. The van der Waals surface area contributed by atoms with Gasteiger partial charge in [0.25, 0.3) is 0 Å². The zero-order chi connectivity index (χ0) is 45.0. The summed E-state index contributed by atoms with van der Waals surface area (Å²) < 4.78 is 9.05. The standard InChI is InChI=1S/C64H42N2OS/c1-3-19-43(20-4-1)48-39-40-59(52-28-8-7-27-51(48)52)66(57-32-13-9-25-49(57)44-21-5-2-6-22-44)58-33-14-10-26-50(58)45-23-17-24-46(41-45)65(47-37-38-54-53-29-11-15-35-61(53)67-62(54)42-47)60-34-18-31-56-55-30-12-16-36-63(55)68-64(56)60/h1-42H. The number of nitrogens with zero attached hydrogens (tertiary/aromatic N) is 2. The maximum atomic E-state index is 6.54. The van der Waals surface area contributed by atoms with Crippen LogP contribution in [0.15, 0.2) is 259 Å². The molecule has 13 rings (SSSR count). The Morgan fingerprint density at radius 2 is 0.824 bits per heavy atom. The summed E-state index contributed by atoms with van der Waals surface area (Å²) in [5.41, 5.74) is 15.1. The Labute approximate surface area is 398 Å². The van der Waals surface area contributed by atoms with Crippen LogP contribution in [-0.2, 0) is 0 Å². The van der Waals surface area contributed by atoms with Crippen LogP contribution in [0.3, 0.4) is 0 Å². The zero-order valence-corrected chi connectivity index (χ0v) is 37.8. The molecule has 0 unspecified atom stereocenters. The van der Waals surface area contributed by atoms with Gasteiger partial charge in [0.2, 0.25) is 0 Å². The van der Waals surface area contributed by atoms with Gasteiger partial charge in [0, 0.05) is 60.2 Å². The summed E-state index contributed by atoms with van der Waals surface area (Å²) in [6.45, 7) is 0. The Kier molecular flexibility index (Phi) is 9.69. The van der Waals surface area contributed by atoms with Crippen LogP contribution >= 0.6 is 11.3 Å². The SMILES string of the molecule is c1ccc(-c2ccccc2N(c2ccccc2-c2cccc(N(c3ccc4c(c3)oc3ccccc34)c3cccc4c3sc3ccccc34)c2)c2ccc(-c3ccccc3)c3ccccc23)cc1. The van der Waals surface area contributed by atoms with Crippen molar-refractivity contribution in [2.45, 2.75) is 0 Å². The lowest BCUT2D eigenvalue weighted by molar-refractivity contribution is 0.669. The highest BCUT2D eigenvalue weighted by Crippen LogP contribution is 2.50. The summed E-state index contributed by atoms with van der Waals surface area (Å²) in [5.74, 6) is 0. The van der Waals surface area contributed by atoms with E-state index in [1.165, 1.54) is 42.1 Å². The van der Waals surface area contributed by atoms with Crippen molar-refractivity contribution in [1.29, 1.82) is 0 Å². The van der Waals surface area contributed by atoms with E-state index >= 15 is 0 Å². The van der Waals surface area contributed by atoms with Gasteiger partial charge in [-0.3, -0.25) is 0 Å². The largest absolute Gasteiger partial charge is 0.456 e. The summed E-state index contributed by atoms with van der Waals surface area (Å²) >= 11 is 1.84. The molecule has 0 atom stereocenters. The van der Waals surface area contributed by atoms with Crippen LogP contribution in [0.25, 0.3) is 86.3 Å². The summed E-state index contributed by atoms with van der Waals surface area (Å²) in [4.78, 5) is 4.89. The van der Waals surface area contributed by atoms with E-state index in [1.807, 2.05) is 23.5 Å². The maximum absolute atomic E-state index is 6.54. The molecular formula is C64H42N2OS. The third-order valence-corrected chi connectivity index (χ3v) is 14.5. The number of furan rings is 1. The number of benzene rings is 11. The molecule has 68 heavy (non-hydrogen) atoms.